The third-order valence-corrected chi connectivity index (χ3v) is 3.85. The topological polar surface area (TPSA) is 83.4 Å². The van der Waals surface area contributed by atoms with Gasteiger partial charge in [-0.1, -0.05) is 13.3 Å². The number of hydrogen-bond donors (Lipinski definition) is 1. The molecule has 1 amide bonds. The Morgan fingerprint density at radius 3 is 2.94 bits per heavy atom. The van der Waals surface area contributed by atoms with E-state index in [1.807, 2.05) is 6.92 Å². The Morgan fingerprint density at radius 2 is 2.39 bits per heavy atom. The van der Waals surface area contributed by atoms with Crippen LogP contribution in [0, 0.1) is 0 Å². The Morgan fingerprint density at radius 1 is 1.61 bits per heavy atom. The SMILES string of the molecule is CCCC1(C(=O)O)CCCN1C(=O)c1cnsn1. The van der Waals surface area contributed by atoms with Crippen molar-refractivity contribution in [1.82, 2.24) is 13.6 Å². The number of carbonyl (C=O) groups excluding carboxylic acids is 1. The normalized spacial score (nSPS) is 23.3. The fourth-order valence-electron chi connectivity index (χ4n) is 2.57. The average Bonchev–Trinajstić information content (AvgIpc) is 2.98. The van der Waals surface area contributed by atoms with Crippen LogP contribution in [0.15, 0.2) is 6.20 Å². The maximum absolute atomic E-state index is 12.3. The van der Waals surface area contributed by atoms with E-state index in [0.29, 0.717) is 19.4 Å². The van der Waals surface area contributed by atoms with Crippen molar-refractivity contribution in [2.45, 2.75) is 38.1 Å². The number of carboxylic acid groups (broad SMARTS) is 1. The van der Waals surface area contributed by atoms with Crippen LogP contribution in [0.5, 0.6) is 0 Å². The Balaban J connectivity index is 2.30. The summed E-state index contributed by atoms with van der Waals surface area (Å²) in [4.78, 5) is 25.3. The summed E-state index contributed by atoms with van der Waals surface area (Å²) in [7, 11) is 0. The lowest BCUT2D eigenvalue weighted by Gasteiger charge is -2.34. The first-order valence-electron chi connectivity index (χ1n) is 5.95. The predicted octanol–water partition coefficient (Wildman–Crippen LogP) is 1.40. The second-order valence-corrected chi connectivity index (χ2v) is 5.00. The Hall–Kier alpha value is -1.50. The zero-order chi connectivity index (χ0) is 13.2. The first kappa shape index (κ1) is 12.9. The molecule has 0 aliphatic carbocycles. The summed E-state index contributed by atoms with van der Waals surface area (Å²) < 4.78 is 7.68. The Kier molecular flexibility index (Phi) is 3.60. The molecular formula is C11H15N3O3S. The van der Waals surface area contributed by atoms with E-state index < -0.39 is 11.5 Å². The molecule has 2 rings (SSSR count). The van der Waals surface area contributed by atoms with Gasteiger partial charge in [0.2, 0.25) is 0 Å². The third kappa shape index (κ3) is 1.98. The molecule has 1 aliphatic heterocycles. The number of aromatic nitrogens is 2. The zero-order valence-electron chi connectivity index (χ0n) is 10.1. The molecule has 0 bridgehead atoms. The van der Waals surface area contributed by atoms with Crippen LogP contribution in [-0.4, -0.2) is 42.7 Å². The van der Waals surface area contributed by atoms with Gasteiger partial charge in [0.15, 0.2) is 5.69 Å². The molecule has 0 aromatic carbocycles. The van der Waals surface area contributed by atoms with E-state index in [-0.39, 0.29) is 11.6 Å². The fraction of sp³-hybridized carbons (Fsp3) is 0.636. The van der Waals surface area contributed by atoms with Crippen LogP contribution >= 0.6 is 11.7 Å². The average molecular weight is 269 g/mol. The lowest BCUT2D eigenvalue weighted by Crippen LogP contribution is -2.53. The highest BCUT2D eigenvalue weighted by atomic mass is 32.1. The largest absolute Gasteiger partial charge is 0.479 e. The van der Waals surface area contributed by atoms with Gasteiger partial charge in [0.05, 0.1) is 17.9 Å². The van der Waals surface area contributed by atoms with E-state index in [4.69, 9.17) is 0 Å². The molecule has 2 heterocycles. The maximum atomic E-state index is 12.3. The van der Waals surface area contributed by atoms with E-state index in [1.54, 1.807) is 0 Å². The molecule has 7 heteroatoms. The van der Waals surface area contributed by atoms with Crippen molar-refractivity contribution in [1.29, 1.82) is 0 Å². The van der Waals surface area contributed by atoms with Gasteiger partial charge in [-0.05, 0) is 19.3 Å². The first-order valence-corrected chi connectivity index (χ1v) is 6.68. The molecule has 1 aromatic rings. The third-order valence-electron chi connectivity index (χ3n) is 3.38. The second-order valence-electron chi connectivity index (χ2n) is 4.44. The van der Waals surface area contributed by atoms with Gasteiger partial charge >= 0.3 is 5.97 Å². The van der Waals surface area contributed by atoms with E-state index in [1.165, 1.54) is 11.1 Å². The summed E-state index contributed by atoms with van der Waals surface area (Å²) in [6.07, 6.45) is 3.83. The summed E-state index contributed by atoms with van der Waals surface area (Å²) in [6, 6.07) is 0. The fourth-order valence-corrected chi connectivity index (χ4v) is 2.98. The summed E-state index contributed by atoms with van der Waals surface area (Å²) in [5.41, 5.74) is -0.821. The molecule has 6 nitrogen and oxygen atoms in total. The van der Waals surface area contributed by atoms with Gasteiger partial charge < -0.3 is 10.0 Å². The van der Waals surface area contributed by atoms with Gasteiger partial charge in [-0.15, -0.1) is 0 Å². The number of carbonyl (C=O) groups is 2. The molecule has 0 spiro atoms. The molecule has 1 atom stereocenters. The van der Waals surface area contributed by atoms with Crippen molar-refractivity contribution in [3.8, 4) is 0 Å². The number of amides is 1. The number of rotatable bonds is 4. The maximum Gasteiger partial charge on any atom is 0.329 e. The lowest BCUT2D eigenvalue weighted by molar-refractivity contribution is -0.148. The van der Waals surface area contributed by atoms with Gasteiger partial charge in [0, 0.05) is 6.54 Å². The quantitative estimate of drug-likeness (QED) is 0.893. The summed E-state index contributed by atoms with van der Waals surface area (Å²) in [5.74, 6) is -1.24. The molecule has 1 aromatic heterocycles. The first-order chi connectivity index (χ1) is 8.62. The highest BCUT2D eigenvalue weighted by molar-refractivity contribution is 6.99. The summed E-state index contributed by atoms with van der Waals surface area (Å²) in [6.45, 7) is 2.40. The molecule has 1 fully saturated rings. The van der Waals surface area contributed by atoms with Crippen LogP contribution < -0.4 is 0 Å². The molecule has 1 saturated heterocycles. The molecule has 1 unspecified atom stereocenters. The molecule has 18 heavy (non-hydrogen) atoms. The number of aliphatic carboxylic acids is 1. The lowest BCUT2D eigenvalue weighted by atomic mass is 9.90. The van der Waals surface area contributed by atoms with E-state index in [9.17, 15) is 14.7 Å². The van der Waals surface area contributed by atoms with Crippen LogP contribution in [0.25, 0.3) is 0 Å². The van der Waals surface area contributed by atoms with Crippen molar-refractivity contribution in [3.63, 3.8) is 0 Å². The highest BCUT2D eigenvalue weighted by Crippen LogP contribution is 2.35. The van der Waals surface area contributed by atoms with Crippen LogP contribution in [0.4, 0.5) is 0 Å². The zero-order valence-corrected chi connectivity index (χ0v) is 10.9. The van der Waals surface area contributed by atoms with E-state index in [2.05, 4.69) is 8.75 Å². The van der Waals surface area contributed by atoms with Crippen LogP contribution in [0.2, 0.25) is 0 Å². The number of carboxylic acids is 1. The monoisotopic (exact) mass is 269 g/mol. The van der Waals surface area contributed by atoms with Gasteiger partial charge in [0.1, 0.15) is 5.54 Å². The summed E-state index contributed by atoms with van der Waals surface area (Å²) in [5, 5.41) is 9.48. The second kappa shape index (κ2) is 5.01. The van der Waals surface area contributed by atoms with Gasteiger partial charge in [-0.2, -0.15) is 8.75 Å². The Labute approximate surface area is 109 Å². The number of hydrogen-bond acceptors (Lipinski definition) is 5. The predicted molar refractivity (Wildman–Crippen MR) is 65.5 cm³/mol. The van der Waals surface area contributed by atoms with Crippen molar-refractivity contribution >= 4 is 23.6 Å². The number of nitrogens with zero attached hydrogens (tertiary/aromatic N) is 3. The van der Waals surface area contributed by atoms with Crippen LogP contribution in [-0.2, 0) is 4.79 Å². The minimum absolute atomic E-state index is 0.239. The van der Waals surface area contributed by atoms with E-state index >= 15 is 0 Å². The molecule has 0 saturated carbocycles. The summed E-state index contributed by atoms with van der Waals surface area (Å²) >= 11 is 0.954. The van der Waals surface area contributed by atoms with Crippen molar-refractivity contribution < 1.29 is 14.7 Å². The Bertz CT molecular complexity index is 448. The van der Waals surface area contributed by atoms with Crippen LogP contribution in [0.1, 0.15) is 43.1 Å². The van der Waals surface area contributed by atoms with Crippen molar-refractivity contribution in [2.24, 2.45) is 0 Å². The van der Waals surface area contributed by atoms with Gasteiger partial charge in [-0.3, -0.25) is 4.79 Å². The molecule has 1 N–H and O–H groups in total. The molecule has 1 aliphatic rings. The standard InChI is InChI=1S/C11H15N3O3S/c1-2-4-11(10(16)17)5-3-6-14(11)9(15)8-7-12-18-13-8/h7H,2-6H2,1H3,(H,16,17). The highest BCUT2D eigenvalue weighted by Gasteiger charge is 2.49. The van der Waals surface area contributed by atoms with Crippen LogP contribution in [0.3, 0.4) is 0 Å². The van der Waals surface area contributed by atoms with Crippen molar-refractivity contribution in [2.75, 3.05) is 6.54 Å². The minimum Gasteiger partial charge on any atom is -0.479 e. The number of likely N-dealkylation sites (tertiary alicyclic amines) is 1. The van der Waals surface area contributed by atoms with Gasteiger partial charge in [-0.25, -0.2) is 4.79 Å². The minimum atomic E-state index is -1.06. The molecule has 0 radical (unpaired) electrons. The smallest absolute Gasteiger partial charge is 0.329 e. The van der Waals surface area contributed by atoms with Gasteiger partial charge in [0.25, 0.3) is 5.91 Å². The van der Waals surface area contributed by atoms with E-state index in [0.717, 1.165) is 24.6 Å². The molecular weight excluding hydrogens is 254 g/mol. The van der Waals surface area contributed by atoms with Crippen molar-refractivity contribution in [3.05, 3.63) is 11.9 Å². The molecule has 98 valence electrons.